The lowest BCUT2D eigenvalue weighted by Gasteiger charge is -2.10. The molecule has 164 valence electrons. The Hall–Kier alpha value is -3.88. The van der Waals surface area contributed by atoms with Gasteiger partial charge >= 0.3 is 6.18 Å². The molecule has 1 amide bonds. The fraction of sp³-hybridized carbons (Fsp3) is 0.130. The molecule has 9 heteroatoms. The van der Waals surface area contributed by atoms with E-state index in [1.54, 1.807) is 31.3 Å². The lowest BCUT2D eigenvalue weighted by atomic mass is 10.2. The summed E-state index contributed by atoms with van der Waals surface area (Å²) in [5, 5.41) is 7.41. The Kier molecular flexibility index (Phi) is 5.56. The Balaban J connectivity index is 1.40. The highest BCUT2D eigenvalue weighted by atomic mass is 19.4. The molecule has 0 unspecified atom stereocenters. The number of amides is 1. The van der Waals surface area contributed by atoms with Crippen LogP contribution in [-0.4, -0.2) is 15.7 Å². The van der Waals surface area contributed by atoms with E-state index >= 15 is 0 Å². The first-order valence-corrected chi connectivity index (χ1v) is 9.55. The Bertz CT molecular complexity index is 1260. The second kappa shape index (κ2) is 8.33. The number of alkyl halides is 3. The second-order valence-electron chi connectivity index (χ2n) is 7.08. The Labute approximate surface area is 180 Å². The Morgan fingerprint density at radius 1 is 1.00 bits per heavy atom. The number of aromatic nitrogens is 2. The van der Waals surface area contributed by atoms with Crippen LogP contribution in [0.2, 0.25) is 0 Å². The van der Waals surface area contributed by atoms with Gasteiger partial charge in [-0.15, -0.1) is 0 Å². The molecule has 32 heavy (non-hydrogen) atoms. The van der Waals surface area contributed by atoms with Gasteiger partial charge in [0, 0.05) is 19.0 Å². The maximum absolute atomic E-state index is 13.6. The molecule has 0 bridgehead atoms. The van der Waals surface area contributed by atoms with Crippen LogP contribution in [0.3, 0.4) is 0 Å². The number of carbonyl (C=O) groups excluding carboxylic acids is 1. The van der Waals surface area contributed by atoms with Crippen molar-refractivity contribution in [2.75, 3.05) is 0 Å². The number of nitrogens with zero attached hydrogens (tertiary/aromatic N) is 2. The number of halogens is 4. The van der Waals surface area contributed by atoms with Crippen molar-refractivity contribution in [1.82, 2.24) is 15.1 Å². The zero-order valence-corrected chi connectivity index (χ0v) is 16.8. The number of aryl methyl sites for hydroxylation is 1. The molecule has 3 aromatic carbocycles. The molecular weight excluding hydrogens is 426 g/mol. The van der Waals surface area contributed by atoms with E-state index < -0.39 is 23.5 Å². The quantitative estimate of drug-likeness (QED) is 0.417. The van der Waals surface area contributed by atoms with E-state index in [0.717, 1.165) is 17.7 Å². The fourth-order valence-electron chi connectivity index (χ4n) is 3.23. The van der Waals surface area contributed by atoms with E-state index in [1.807, 2.05) is 0 Å². The van der Waals surface area contributed by atoms with Gasteiger partial charge in [-0.2, -0.15) is 18.3 Å². The van der Waals surface area contributed by atoms with Crippen LogP contribution in [0.15, 0.2) is 66.7 Å². The molecule has 1 heterocycles. The van der Waals surface area contributed by atoms with Gasteiger partial charge in [-0.05, 0) is 60.2 Å². The number of nitrogens with one attached hydrogen (secondary N) is 1. The highest BCUT2D eigenvalue weighted by Gasteiger charge is 2.30. The number of carbonyl (C=O) groups is 1. The minimum Gasteiger partial charge on any atom is -0.457 e. The molecule has 5 nitrogen and oxygen atoms in total. The first kappa shape index (κ1) is 21.4. The largest absolute Gasteiger partial charge is 0.457 e. The molecular formula is C23H17F4N3O2. The summed E-state index contributed by atoms with van der Waals surface area (Å²) in [5.41, 5.74) is 0.793. The number of ether oxygens (including phenoxy) is 1. The van der Waals surface area contributed by atoms with Gasteiger partial charge in [0.2, 0.25) is 0 Å². The molecule has 0 saturated carbocycles. The van der Waals surface area contributed by atoms with Crippen molar-refractivity contribution in [2.24, 2.45) is 7.05 Å². The molecule has 4 rings (SSSR count). The van der Waals surface area contributed by atoms with Crippen LogP contribution in [0.1, 0.15) is 21.6 Å². The SMILES string of the molecule is Cn1nc2ccc(F)cc2c1C(=O)NCc1ccc(Oc2ccc(C(F)(F)F)cc2)cc1. The van der Waals surface area contributed by atoms with Gasteiger partial charge in [0.25, 0.3) is 5.91 Å². The average molecular weight is 443 g/mol. The molecule has 0 atom stereocenters. The van der Waals surface area contributed by atoms with Crippen LogP contribution in [-0.2, 0) is 19.8 Å². The Morgan fingerprint density at radius 3 is 2.25 bits per heavy atom. The van der Waals surface area contributed by atoms with Crippen LogP contribution in [0.5, 0.6) is 11.5 Å². The van der Waals surface area contributed by atoms with Gasteiger partial charge in [-0.1, -0.05) is 12.1 Å². The van der Waals surface area contributed by atoms with Crippen LogP contribution < -0.4 is 10.1 Å². The summed E-state index contributed by atoms with van der Waals surface area (Å²) in [6.45, 7) is 0.210. The van der Waals surface area contributed by atoms with Gasteiger partial charge in [-0.3, -0.25) is 9.48 Å². The summed E-state index contributed by atoms with van der Waals surface area (Å²) in [7, 11) is 1.61. The van der Waals surface area contributed by atoms with E-state index in [4.69, 9.17) is 4.74 Å². The van der Waals surface area contributed by atoms with Crippen molar-refractivity contribution in [3.63, 3.8) is 0 Å². The van der Waals surface area contributed by atoms with Crippen LogP contribution in [0.4, 0.5) is 17.6 Å². The van der Waals surface area contributed by atoms with Gasteiger partial charge in [0.15, 0.2) is 0 Å². The van der Waals surface area contributed by atoms with Crippen LogP contribution in [0.25, 0.3) is 10.9 Å². The van der Waals surface area contributed by atoms with E-state index in [0.29, 0.717) is 16.7 Å². The zero-order chi connectivity index (χ0) is 22.9. The third-order valence-electron chi connectivity index (χ3n) is 4.80. The van der Waals surface area contributed by atoms with Crippen molar-refractivity contribution in [2.45, 2.75) is 12.7 Å². The highest BCUT2D eigenvalue weighted by molar-refractivity contribution is 6.04. The lowest BCUT2D eigenvalue weighted by Crippen LogP contribution is -2.25. The van der Waals surface area contributed by atoms with Crippen molar-refractivity contribution in [3.8, 4) is 11.5 Å². The lowest BCUT2D eigenvalue weighted by molar-refractivity contribution is -0.137. The smallest absolute Gasteiger partial charge is 0.416 e. The molecule has 4 aromatic rings. The minimum atomic E-state index is -4.40. The zero-order valence-electron chi connectivity index (χ0n) is 16.8. The molecule has 0 saturated heterocycles. The van der Waals surface area contributed by atoms with Crippen molar-refractivity contribution >= 4 is 16.8 Å². The topological polar surface area (TPSA) is 56.2 Å². The fourth-order valence-corrected chi connectivity index (χ4v) is 3.23. The van der Waals surface area contributed by atoms with Gasteiger partial charge in [0.05, 0.1) is 11.1 Å². The first-order valence-electron chi connectivity index (χ1n) is 9.55. The summed E-state index contributed by atoms with van der Waals surface area (Å²) in [5.74, 6) is -0.142. The van der Waals surface area contributed by atoms with E-state index in [-0.39, 0.29) is 18.0 Å². The molecule has 0 spiro atoms. The van der Waals surface area contributed by atoms with Crippen molar-refractivity contribution in [3.05, 3.63) is 89.4 Å². The van der Waals surface area contributed by atoms with E-state index in [9.17, 15) is 22.4 Å². The summed E-state index contributed by atoms with van der Waals surface area (Å²) < 4.78 is 58.4. The summed E-state index contributed by atoms with van der Waals surface area (Å²) in [4.78, 5) is 12.6. The van der Waals surface area contributed by atoms with Crippen molar-refractivity contribution < 1.29 is 27.1 Å². The van der Waals surface area contributed by atoms with Crippen molar-refractivity contribution in [1.29, 1.82) is 0 Å². The van der Waals surface area contributed by atoms with E-state index in [1.165, 1.54) is 35.0 Å². The summed E-state index contributed by atoms with van der Waals surface area (Å²) >= 11 is 0. The monoisotopic (exact) mass is 443 g/mol. The molecule has 0 aliphatic carbocycles. The van der Waals surface area contributed by atoms with Gasteiger partial charge in [0.1, 0.15) is 23.0 Å². The van der Waals surface area contributed by atoms with E-state index in [2.05, 4.69) is 10.4 Å². The predicted octanol–water partition coefficient (Wildman–Crippen LogP) is 5.45. The molecule has 0 fully saturated rings. The number of benzene rings is 3. The van der Waals surface area contributed by atoms with Crippen LogP contribution in [0, 0.1) is 5.82 Å². The number of hydrogen-bond donors (Lipinski definition) is 1. The summed E-state index contributed by atoms with van der Waals surface area (Å²) in [6.07, 6.45) is -4.40. The third kappa shape index (κ3) is 4.56. The standard InChI is InChI=1S/C23H17F4N3O2/c1-30-21(19-12-16(24)6-11-20(19)29-30)22(31)28-13-14-2-7-17(8-3-14)32-18-9-4-15(5-10-18)23(25,26)27/h2-12H,13H2,1H3,(H,28,31). The number of fused-ring (bicyclic) bond motifs is 1. The minimum absolute atomic E-state index is 0.210. The first-order chi connectivity index (χ1) is 15.2. The normalized spacial score (nSPS) is 11.5. The molecule has 0 aliphatic rings. The molecule has 1 aromatic heterocycles. The maximum atomic E-state index is 13.6. The average Bonchev–Trinajstić information content (AvgIpc) is 3.08. The predicted molar refractivity (Wildman–Crippen MR) is 110 cm³/mol. The maximum Gasteiger partial charge on any atom is 0.416 e. The number of rotatable bonds is 5. The van der Waals surface area contributed by atoms with Gasteiger partial charge < -0.3 is 10.1 Å². The Morgan fingerprint density at radius 2 is 1.62 bits per heavy atom. The second-order valence-corrected chi connectivity index (χ2v) is 7.08. The number of hydrogen-bond acceptors (Lipinski definition) is 3. The van der Waals surface area contributed by atoms with Gasteiger partial charge in [-0.25, -0.2) is 4.39 Å². The molecule has 1 N–H and O–H groups in total. The highest BCUT2D eigenvalue weighted by Crippen LogP contribution is 2.31. The summed E-state index contributed by atoms with van der Waals surface area (Å²) in [6, 6.07) is 15.2. The molecule has 0 aliphatic heterocycles. The van der Waals surface area contributed by atoms with Crippen LogP contribution >= 0.6 is 0 Å². The third-order valence-corrected chi connectivity index (χ3v) is 4.80. The molecule has 0 radical (unpaired) electrons.